The Balaban J connectivity index is 0.000000155. The fourth-order valence-electron chi connectivity index (χ4n) is 3.02. The van der Waals surface area contributed by atoms with Gasteiger partial charge in [-0.25, -0.2) is 0 Å². The molecule has 0 saturated carbocycles. The lowest BCUT2D eigenvalue weighted by Crippen LogP contribution is -2.34. The Labute approximate surface area is 206 Å². The predicted molar refractivity (Wildman–Crippen MR) is 140 cm³/mol. The number of nitrogens with two attached hydrogens (primary N) is 1. The van der Waals surface area contributed by atoms with Gasteiger partial charge >= 0.3 is 0 Å². The third-order valence-electron chi connectivity index (χ3n) is 5.04. The number of nitrogens with one attached hydrogen (secondary N) is 1. The Morgan fingerprint density at radius 2 is 1.53 bits per heavy atom. The van der Waals surface area contributed by atoms with E-state index in [1.54, 1.807) is 0 Å². The SMILES string of the molecule is CC(C)(CO)Nc1cc(Br)c2c(c1)C=NC2.CC1(C)CO1.Nc1cc(Br)c2c(c1)C=NC2. The Bertz CT molecular complexity index is 1040. The number of ether oxygens (including phenoxy) is 1. The minimum absolute atomic E-state index is 0.0930. The molecule has 0 bridgehead atoms. The maximum Gasteiger partial charge on any atom is 0.0860 e. The van der Waals surface area contributed by atoms with Gasteiger partial charge in [0, 0.05) is 43.9 Å². The fraction of sp³-hybridized carbons (Fsp3) is 0.417. The zero-order valence-corrected chi connectivity index (χ0v) is 22.0. The van der Waals surface area contributed by atoms with Crippen molar-refractivity contribution in [1.82, 2.24) is 0 Å². The van der Waals surface area contributed by atoms with E-state index in [4.69, 9.17) is 10.5 Å². The molecule has 2 aromatic rings. The molecule has 0 atom stereocenters. The van der Waals surface area contributed by atoms with Crippen molar-refractivity contribution in [3.8, 4) is 0 Å². The molecule has 0 spiro atoms. The largest absolute Gasteiger partial charge is 0.399 e. The van der Waals surface area contributed by atoms with Crippen molar-refractivity contribution < 1.29 is 9.84 Å². The highest BCUT2D eigenvalue weighted by molar-refractivity contribution is 9.10. The summed E-state index contributed by atoms with van der Waals surface area (Å²) in [5.74, 6) is 0. The minimum Gasteiger partial charge on any atom is -0.399 e. The maximum absolute atomic E-state index is 9.22. The number of aliphatic imine (C=N–C) groups is 2. The normalized spacial score (nSPS) is 16.3. The number of nitrogen functional groups attached to an aromatic ring is 1. The van der Waals surface area contributed by atoms with Crippen LogP contribution in [0.5, 0.6) is 0 Å². The van der Waals surface area contributed by atoms with E-state index in [1.165, 1.54) is 11.1 Å². The molecule has 2 aromatic carbocycles. The lowest BCUT2D eigenvalue weighted by molar-refractivity contribution is 0.234. The minimum atomic E-state index is -0.316. The van der Waals surface area contributed by atoms with Crippen molar-refractivity contribution in [2.45, 2.75) is 51.9 Å². The van der Waals surface area contributed by atoms with E-state index >= 15 is 0 Å². The summed E-state index contributed by atoms with van der Waals surface area (Å²) in [5, 5.41) is 12.5. The van der Waals surface area contributed by atoms with Gasteiger partial charge in [0.1, 0.15) is 0 Å². The van der Waals surface area contributed by atoms with Gasteiger partial charge in [-0.2, -0.15) is 0 Å². The number of halogens is 2. The van der Waals surface area contributed by atoms with Gasteiger partial charge in [-0.15, -0.1) is 0 Å². The zero-order chi connectivity index (χ0) is 23.5. The van der Waals surface area contributed by atoms with Crippen LogP contribution in [0, 0.1) is 0 Å². The number of aliphatic hydroxyl groups excluding tert-OH is 1. The lowest BCUT2D eigenvalue weighted by Gasteiger charge is -2.25. The van der Waals surface area contributed by atoms with Gasteiger partial charge in [0.2, 0.25) is 0 Å². The van der Waals surface area contributed by atoms with Crippen LogP contribution in [0.4, 0.5) is 11.4 Å². The summed E-state index contributed by atoms with van der Waals surface area (Å²) in [7, 11) is 0. The first-order valence-electron chi connectivity index (χ1n) is 10.4. The predicted octanol–water partition coefficient (Wildman–Crippen LogP) is 5.32. The van der Waals surface area contributed by atoms with Crippen LogP contribution in [0.2, 0.25) is 0 Å². The van der Waals surface area contributed by atoms with Gasteiger partial charge < -0.3 is 20.9 Å². The Morgan fingerprint density at radius 1 is 1.03 bits per heavy atom. The van der Waals surface area contributed by atoms with Gasteiger partial charge in [0.15, 0.2) is 0 Å². The number of anilines is 2. The average Bonchev–Trinajstić information content (AvgIpc) is 3.12. The molecule has 32 heavy (non-hydrogen) atoms. The second-order valence-corrected chi connectivity index (χ2v) is 11.0. The first-order valence-corrected chi connectivity index (χ1v) is 12.0. The van der Waals surface area contributed by atoms with E-state index in [0.717, 1.165) is 51.1 Å². The second-order valence-electron chi connectivity index (χ2n) is 9.25. The van der Waals surface area contributed by atoms with E-state index < -0.39 is 0 Å². The summed E-state index contributed by atoms with van der Waals surface area (Å²) < 4.78 is 7.02. The molecule has 6 nitrogen and oxygen atoms in total. The Morgan fingerprint density at radius 3 is 2.03 bits per heavy atom. The van der Waals surface area contributed by atoms with Gasteiger partial charge in [0.05, 0.1) is 37.4 Å². The molecule has 0 amide bonds. The highest BCUT2D eigenvalue weighted by Gasteiger charge is 2.32. The van der Waals surface area contributed by atoms with Crippen molar-refractivity contribution >= 4 is 55.7 Å². The molecule has 0 radical (unpaired) electrons. The van der Waals surface area contributed by atoms with Crippen LogP contribution >= 0.6 is 31.9 Å². The topological polar surface area (TPSA) is 95.5 Å². The molecule has 5 rings (SSSR count). The number of nitrogens with zero attached hydrogens (tertiary/aromatic N) is 2. The molecular formula is C24H30Br2N4O2. The molecule has 4 N–H and O–H groups in total. The third kappa shape index (κ3) is 6.88. The van der Waals surface area contributed by atoms with E-state index in [-0.39, 0.29) is 17.7 Å². The number of rotatable bonds is 3. The van der Waals surface area contributed by atoms with E-state index in [0.29, 0.717) is 0 Å². The fourth-order valence-corrected chi connectivity index (χ4v) is 4.24. The quantitative estimate of drug-likeness (QED) is 0.346. The number of epoxide rings is 1. The molecule has 0 aliphatic carbocycles. The van der Waals surface area contributed by atoms with Crippen LogP contribution < -0.4 is 11.1 Å². The van der Waals surface area contributed by atoms with E-state index in [9.17, 15) is 5.11 Å². The van der Waals surface area contributed by atoms with Crippen LogP contribution in [-0.4, -0.2) is 41.9 Å². The molecule has 1 fully saturated rings. The summed E-state index contributed by atoms with van der Waals surface area (Å²) in [6, 6.07) is 7.95. The zero-order valence-electron chi connectivity index (χ0n) is 18.9. The number of aliphatic hydroxyl groups is 1. The molecule has 3 aliphatic heterocycles. The molecule has 3 heterocycles. The third-order valence-corrected chi connectivity index (χ3v) is 6.46. The van der Waals surface area contributed by atoms with Crippen LogP contribution in [0.1, 0.15) is 49.9 Å². The standard InChI is InChI=1S/C12H15BrN2O.C8H7BrN2.C4H8O/c1-12(2,7-16)15-9-3-8-5-14-6-10(8)11(13)4-9;9-8-2-6(10)1-5-3-11-4-7(5)8;1-4(2)3-5-4/h3-5,15-16H,6-7H2,1-2H3;1-3H,4,10H2;3H2,1-2H3. The summed E-state index contributed by atoms with van der Waals surface area (Å²) in [5.41, 5.74) is 12.1. The van der Waals surface area contributed by atoms with Crippen LogP contribution in [0.15, 0.2) is 43.2 Å². The summed E-state index contributed by atoms with van der Waals surface area (Å²) in [4.78, 5) is 8.38. The van der Waals surface area contributed by atoms with Crippen molar-refractivity contribution in [1.29, 1.82) is 0 Å². The summed E-state index contributed by atoms with van der Waals surface area (Å²) >= 11 is 6.98. The van der Waals surface area contributed by atoms with Gasteiger partial charge in [-0.3, -0.25) is 9.98 Å². The number of hydrogen-bond acceptors (Lipinski definition) is 6. The van der Waals surface area contributed by atoms with Crippen molar-refractivity contribution in [3.05, 3.63) is 55.5 Å². The smallest absolute Gasteiger partial charge is 0.0860 e. The van der Waals surface area contributed by atoms with Gasteiger partial charge in [-0.05, 0) is 63.1 Å². The van der Waals surface area contributed by atoms with E-state index in [1.807, 2.05) is 44.5 Å². The highest BCUT2D eigenvalue weighted by atomic mass is 79.9. The molecule has 1 saturated heterocycles. The van der Waals surface area contributed by atoms with Gasteiger partial charge in [-0.1, -0.05) is 31.9 Å². The molecule has 0 aromatic heterocycles. The monoisotopic (exact) mass is 564 g/mol. The van der Waals surface area contributed by atoms with Crippen LogP contribution in [-0.2, 0) is 17.8 Å². The molecule has 8 heteroatoms. The lowest BCUT2D eigenvalue weighted by atomic mass is 10.0. The first-order chi connectivity index (χ1) is 15.0. The van der Waals surface area contributed by atoms with Crippen LogP contribution in [0.3, 0.4) is 0 Å². The average molecular weight is 566 g/mol. The number of fused-ring (bicyclic) bond motifs is 2. The van der Waals surface area contributed by atoms with Crippen molar-refractivity contribution in [3.63, 3.8) is 0 Å². The maximum atomic E-state index is 9.22. The Hall–Kier alpha value is -1.74. The number of benzene rings is 2. The second kappa shape index (κ2) is 10.0. The highest BCUT2D eigenvalue weighted by Crippen LogP contribution is 2.30. The summed E-state index contributed by atoms with van der Waals surface area (Å²) in [6.45, 7) is 10.6. The summed E-state index contributed by atoms with van der Waals surface area (Å²) in [6.07, 6.45) is 3.74. The van der Waals surface area contributed by atoms with Crippen molar-refractivity contribution in [2.24, 2.45) is 9.98 Å². The van der Waals surface area contributed by atoms with E-state index in [2.05, 4.69) is 67.1 Å². The molecule has 3 aliphatic rings. The molecular weight excluding hydrogens is 536 g/mol. The number of hydrogen-bond donors (Lipinski definition) is 3. The van der Waals surface area contributed by atoms with Gasteiger partial charge in [0.25, 0.3) is 0 Å². The molecule has 172 valence electrons. The first kappa shape index (κ1) is 24.9. The van der Waals surface area contributed by atoms with Crippen LogP contribution in [0.25, 0.3) is 0 Å². The Kier molecular flexibility index (Phi) is 7.81. The molecule has 0 unspecified atom stereocenters. The van der Waals surface area contributed by atoms with Crippen molar-refractivity contribution in [2.75, 3.05) is 24.3 Å².